The summed E-state index contributed by atoms with van der Waals surface area (Å²) in [7, 11) is -1.85. The normalized spacial score (nSPS) is 14.4. The van der Waals surface area contributed by atoms with Crippen LogP contribution >= 0.6 is 0 Å². The van der Waals surface area contributed by atoms with Gasteiger partial charge in [-0.1, -0.05) is 12.1 Å². The van der Waals surface area contributed by atoms with Crippen LogP contribution in [0.3, 0.4) is 0 Å². The highest BCUT2D eigenvalue weighted by Gasteiger charge is 2.21. The molecule has 2 aromatic rings. The van der Waals surface area contributed by atoms with E-state index >= 15 is 0 Å². The Kier molecular flexibility index (Phi) is 4.94. The first-order valence-electron chi connectivity index (χ1n) is 8.43. The number of fused-ring (bicyclic) bond motifs is 1. The fraction of sp³-hybridized carbons (Fsp3) is 0.500. The molecular weight excluding hydrogens is 324 g/mol. The molecule has 0 spiro atoms. The summed E-state index contributed by atoms with van der Waals surface area (Å²) in [6.45, 7) is 2.70. The van der Waals surface area contributed by atoms with Crippen molar-refractivity contribution in [2.45, 2.75) is 50.5 Å². The highest BCUT2D eigenvalue weighted by molar-refractivity contribution is 7.91. The highest BCUT2D eigenvalue weighted by Crippen LogP contribution is 2.25. The Labute approximate surface area is 143 Å². The SMILES string of the molecule is COc1ccccc1S(=O)(=O)CCCn1c(C)nc2c1CCCC2. The standard InChI is InChI=1S/C18H24N2O3S/c1-14-19-15-8-3-4-9-16(15)20(14)12-7-13-24(21,22)18-11-6-5-10-17(18)23-2/h5-6,10-11H,3-4,7-9,12-13H2,1-2H3. The van der Waals surface area contributed by atoms with Crippen molar-refractivity contribution in [3.05, 3.63) is 41.5 Å². The molecule has 0 saturated carbocycles. The number of benzene rings is 1. The summed E-state index contributed by atoms with van der Waals surface area (Å²) in [5.41, 5.74) is 2.50. The maximum absolute atomic E-state index is 12.6. The zero-order valence-electron chi connectivity index (χ0n) is 14.3. The molecule has 0 amide bonds. The fourth-order valence-corrected chi connectivity index (χ4v) is 4.90. The van der Waals surface area contributed by atoms with Crippen molar-refractivity contribution in [1.82, 2.24) is 9.55 Å². The van der Waals surface area contributed by atoms with Gasteiger partial charge in [0.2, 0.25) is 0 Å². The van der Waals surface area contributed by atoms with E-state index in [1.54, 1.807) is 24.3 Å². The smallest absolute Gasteiger partial charge is 0.182 e. The lowest BCUT2D eigenvalue weighted by atomic mass is 10.0. The molecule has 0 N–H and O–H groups in total. The van der Waals surface area contributed by atoms with Crippen LogP contribution in [0.5, 0.6) is 5.75 Å². The van der Waals surface area contributed by atoms with Gasteiger partial charge in [0.25, 0.3) is 0 Å². The number of hydrogen-bond acceptors (Lipinski definition) is 4. The quantitative estimate of drug-likeness (QED) is 0.805. The van der Waals surface area contributed by atoms with Gasteiger partial charge in [-0.05, 0) is 51.2 Å². The molecule has 1 aliphatic rings. The third-order valence-electron chi connectivity index (χ3n) is 4.62. The van der Waals surface area contributed by atoms with Crippen LogP contribution in [0.15, 0.2) is 29.2 Å². The Morgan fingerprint density at radius 1 is 1.21 bits per heavy atom. The van der Waals surface area contributed by atoms with Crippen molar-refractivity contribution >= 4 is 9.84 Å². The van der Waals surface area contributed by atoms with Crippen molar-refractivity contribution in [3.8, 4) is 5.75 Å². The first kappa shape index (κ1) is 17.0. The van der Waals surface area contributed by atoms with Gasteiger partial charge in [-0.2, -0.15) is 0 Å². The molecule has 0 aliphatic heterocycles. The second kappa shape index (κ2) is 6.97. The monoisotopic (exact) mass is 348 g/mol. The number of nitrogens with zero attached hydrogens (tertiary/aromatic N) is 2. The molecule has 130 valence electrons. The lowest BCUT2D eigenvalue weighted by molar-refractivity contribution is 0.402. The van der Waals surface area contributed by atoms with E-state index in [0.29, 0.717) is 18.7 Å². The summed E-state index contributed by atoms with van der Waals surface area (Å²) < 4.78 is 32.6. The van der Waals surface area contributed by atoms with Gasteiger partial charge in [0.05, 0.1) is 18.6 Å². The summed E-state index contributed by atoms with van der Waals surface area (Å²) in [4.78, 5) is 4.92. The van der Waals surface area contributed by atoms with Crippen LogP contribution in [0.4, 0.5) is 0 Å². The first-order valence-corrected chi connectivity index (χ1v) is 10.1. The molecular formula is C18H24N2O3S. The molecule has 1 aromatic carbocycles. The van der Waals surface area contributed by atoms with Crippen molar-refractivity contribution in [1.29, 1.82) is 0 Å². The Hall–Kier alpha value is -1.82. The zero-order chi connectivity index (χ0) is 17.2. The predicted molar refractivity (Wildman–Crippen MR) is 93.3 cm³/mol. The molecule has 6 heteroatoms. The summed E-state index contributed by atoms with van der Waals surface area (Å²) in [6, 6.07) is 6.80. The predicted octanol–water partition coefficient (Wildman–Crippen LogP) is 2.94. The summed E-state index contributed by atoms with van der Waals surface area (Å²) in [6.07, 6.45) is 5.06. The average molecular weight is 348 g/mol. The lowest BCUT2D eigenvalue weighted by Crippen LogP contribution is -2.14. The van der Waals surface area contributed by atoms with Gasteiger partial charge in [-0.25, -0.2) is 13.4 Å². The lowest BCUT2D eigenvalue weighted by Gasteiger charge is -2.15. The number of para-hydroxylation sites is 1. The number of methoxy groups -OCH3 is 1. The van der Waals surface area contributed by atoms with Gasteiger partial charge in [-0.3, -0.25) is 0 Å². The van der Waals surface area contributed by atoms with E-state index < -0.39 is 9.84 Å². The molecule has 0 saturated heterocycles. The maximum atomic E-state index is 12.6. The average Bonchev–Trinajstić information content (AvgIpc) is 2.90. The molecule has 0 bridgehead atoms. The van der Waals surface area contributed by atoms with Gasteiger partial charge >= 0.3 is 0 Å². The van der Waals surface area contributed by atoms with E-state index in [9.17, 15) is 8.42 Å². The van der Waals surface area contributed by atoms with Crippen LogP contribution in [0, 0.1) is 6.92 Å². The second-order valence-corrected chi connectivity index (χ2v) is 8.31. The molecule has 0 unspecified atom stereocenters. The topological polar surface area (TPSA) is 61.2 Å². The molecule has 1 heterocycles. The Morgan fingerprint density at radius 2 is 1.96 bits per heavy atom. The Bertz CT molecular complexity index is 825. The van der Waals surface area contributed by atoms with Crippen molar-refractivity contribution < 1.29 is 13.2 Å². The van der Waals surface area contributed by atoms with E-state index in [-0.39, 0.29) is 10.6 Å². The van der Waals surface area contributed by atoms with E-state index in [1.807, 2.05) is 6.92 Å². The Balaban J connectivity index is 1.71. The minimum absolute atomic E-state index is 0.111. The summed E-state index contributed by atoms with van der Waals surface area (Å²) in [5.74, 6) is 1.52. The van der Waals surface area contributed by atoms with Crippen molar-refractivity contribution in [3.63, 3.8) is 0 Å². The fourth-order valence-electron chi connectivity index (χ4n) is 3.43. The number of rotatable bonds is 6. The third-order valence-corrected chi connectivity index (χ3v) is 6.46. The summed E-state index contributed by atoms with van der Waals surface area (Å²) in [5, 5.41) is 0. The summed E-state index contributed by atoms with van der Waals surface area (Å²) >= 11 is 0. The first-order chi connectivity index (χ1) is 11.5. The van der Waals surface area contributed by atoms with Gasteiger partial charge in [-0.15, -0.1) is 0 Å². The van der Waals surface area contributed by atoms with E-state index in [0.717, 1.165) is 18.7 Å². The third kappa shape index (κ3) is 3.34. The number of sulfone groups is 1. The molecule has 1 aromatic heterocycles. The molecule has 0 atom stereocenters. The molecule has 5 nitrogen and oxygen atoms in total. The van der Waals surface area contributed by atoms with Crippen molar-refractivity contribution in [2.24, 2.45) is 0 Å². The van der Waals surface area contributed by atoms with Crippen LogP contribution in [-0.2, 0) is 29.2 Å². The van der Waals surface area contributed by atoms with Gasteiger partial charge in [0, 0.05) is 12.2 Å². The molecule has 0 fully saturated rings. The van der Waals surface area contributed by atoms with Crippen LogP contribution in [0.25, 0.3) is 0 Å². The molecule has 0 radical (unpaired) electrons. The van der Waals surface area contributed by atoms with E-state index in [4.69, 9.17) is 4.74 Å². The highest BCUT2D eigenvalue weighted by atomic mass is 32.2. The minimum atomic E-state index is -3.35. The van der Waals surface area contributed by atoms with Gasteiger partial charge in [0.1, 0.15) is 16.5 Å². The van der Waals surface area contributed by atoms with E-state index in [2.05, 4.69) is 9.55 Å². The Morgan fingerprint density at radius 3 is 2.75 bits per heavy atom. The number of hydrogen-bond donors (Lipinski definition) is 0. The molecule has 1 aliphatic carbocycles. The van der Waals surface area contributed by atoms with Crippen LogP contribution in [0.2, 0.25) is 0 Å². The largest absolute Gasteiger partial charge is 0.495 e. The maximum Gasteiger partial charge on any atom is 0.182 e. The number of aromatic nitrogens is 2. The number of aryl methyl sites for hydroxylation is 2. The van der Waals surface area contributed by atoms with Crippen LogP contribution in [0.1, 0.15) is 36.5 Å². The zero-order valence-corrected chi connectivity index (χ0v) is 15.1. The van der Waals surface area contributed by atoms with E-state index in [1.165, 1.54) is 31.3 Å². The number of imidazole rings is 1. The van der Waals surface area contributed by atoms with Crippen LogP contribution in [-0.4, -0.2) is 30.8 Å². The van der Waals surface area contributed by atoms with Crippen LogP contribution < -0.4 is 4.74 Å². The second-order valence-electron chi connectivity index (χ2n) is 6.23. The minimum Gasteiger partial charge on any atom is -0.495 e. The molecule has 3 rings (SSSR count). The molecule has 24 heavy (non-hydrogen) atoms. The van der Waals surface area contributed by atoms with Gasteiger partial charge in [0.15, 0.2) is 9.84 Å². The van der Waals surface area contributed by atoms with Gasteiger partial charge < -0.3 is 9.30 Å². The number of ether oxygens (including phenoxy) is 1. The van der Waals surface area contributed by atoms with Crippen molar-refractivity contribution in [2.75, 3.05) is 12.9 Å².